The van der Waals surface area contributed by atoms with Crippen LogP contribution in [0.25, 0.3) is 0 Å². The highest BCUT2D eigenvalue weighted by Gasteiger charge is 2.42. The summed E-state index contributed by atoms with van der Waals surface area (Å²) in [5.41, 5.74) is -1.30. The number of halogens is 1. The van der Waals surface area contributed by atoms with E-state index in [2.05, 4.69) is 5.32 Å². The number of aliphatic carboxylic acids is 1. The molecular formula is C16H20ClNO5. The Balaban J connectivity index is 2.10. The second-order valence-corrected chi connectivity index (χ2v) is 5.84. The first-order valence-corrected chi connectivity index (χ1v) is 7.90. The maximum atomic E-state index is 12.5. The van der Waals surface area contributed by atoms with Crippen molar-refractivity contribution in [1.29, 1.82) is 0 Å². The van der Waals surface area contributed by atoms with Crippen LogP contribution in [-0.4, -0.2) is 41.8 Å². The van der Waals surface area contributed by atoms with Gasteiger partial charge in [-0.2, -0.15) is 0 Å². The molecule has 126 valence electrons. The van der Waals surface area contributed by atoms with Gasteiger partial charge in [-0.3, -0.25) is 4.79 Å². The Labute approximate surface area is 139 Å². The highest BCUT2D eigenvalue weighted by Crippen LogP contribution is 2.26. The number of ether oxygens (including phenoxy) is 2. The first kappa shape index (κ1) is 17.6. The van der Waals surface area contributed by atoms with Gasteiger partial charge in [0.05, 0.1) is 5.02 Å². The highest BCUT2D eigenvalue weighted by atomic mass is 35.5. The van der Waals surface area contributed by atoms with Gasteiger partial charge in [-0.15, -0.1) is 0 Å². The zero-order valence-electron chi connectivity index (χ0n) is 12.9. The summed E-state index contributed by atoms with van der Waals surface area (Å²) in [6.07, 6.45) is 0.0465. The van der Waals surface area contributed by atoms with Crippen LogP contribution in [0.3, 0.4) is 0 Å². The van der Waals surface area contributed by atoms with E-state index in [-0.39, 0.29) is 12.8 Å². The number of nitrogens with one attached hydrogen (secondary N) is 1. The number of carboxylic acids is 1. The number of carbonyl (C=O) groups excluding carboxylic acids is 1. The molecule has 2 rings (SSSR count). The molecule has 0 spiro atoms. The predicted molar refractivity (Wildman–Crippen MR) is 84.7 cm³/mol. The molecule has 0 saturated carbocycles. The van der Waals surface area contributed by atoms with Gasteiger partial charge >= 0.3 is 5.97 Å². The molecule has 0 aliphatic carbocycles. The van der Waals surface area contributed by atoms with Crippen molar-refractivity contribution in [2.45, 2.75) is 37.8 Å². The summed E-state index contributed by atoms with van der Waals surface area (Å²) >= 11 is 6.03. The lowest BCUT2D eigenvalue weighted by Crippen LogP contribution is -2.60. The van der Waals surface area contributed by atoms with Crippen LogP contribution in [0, 0.1) is 0 Å². The van der Waals surface area contributed by atoms with Crippen molar-refractivity contribution in [3.05, 3.63) is 29.3 Å². The minimum Gasteiger partial charge on any atom is -0.480 e. The third-order valence-corrected chi connectivity index (χ3v) is 4.20. The monoisotopic (exact) mass is 341 g/mol. The quantitative estimate of drug-likeness (QED) is 0.829. The van der Waals surface area contributed by atoms with Gasteiger partial charge in [0.1, 0.15) is 11.3 Å². The molecule has 6 nitrogen and oxygen atoms in total. The molecular weight excluding hydrogens is 322 g/mol. The molecule has 0 bridgehead atoms. The lowest BCUT2D eigenvalue weighted by Gasteiger charge is -2.35. The summed E-state index contributed by atoms with van der Waals surface area (Å²) in [4.78, 5) is 24.1. The van der Waals surface area contributed by atoms with Gasteiger partial charge in [-0.25, -0.2) is 4.79 Å². The molecule has 1 heterocycles. The first-order valence-electron chi connectivity index (χ1n) is 7.53. The molecule has 23 heavy (non-hydrogen) atoms. The van der Waals surface area contributed by atoms with Gasteiger partial charge in [0.15, 0.2) is 6.10 Å². The van der Waals surface area contributed by atoms with E-state index in [4.69, 9.17) is 21.1 Å². The SMILES string of the molecule is CCC(Oc1ccccc1Cl)C(=O)NC1(C(=O)O)CCOCC1. The van der Waals surface area contributed by atoms with Crippen molar-refractivity contribution in [2.75, 3.05) is 13.2 Å². The lowest BCUT2D eigenvalue weighted by molar-refractivity contribution is -0.153. The number of rotatable bonds is 6. The van der Waals surface area contributed by atoms with Gasteiger partial charge in [0, 0.05) is 26.1 Å². The standard InChI is InChI=1S/C16H20ClNO5/c1-2-12(23-13-6-4-3-5-11(13)17)14(19)18-16(15(20)21)7-9-22-10-8-16/h3-6,12H,2,7-10H2,1H3,(H,18,19)(H,20,21). The van der Waals surface area contributed by atoms with Gasteiger partial charge in [0.25, 0.3) is 5.91 Å². The Kier molecular flexibility index (Phi) is 5.85. The minimum absolute atomic E-state index is 0.233. The third kappa shape index (κ3) is 4.14. The van der Waals surface area contributed by atoms with Crippen molar-refractivity contribution >= 4 is 23.5 Å². The van der Waals surface area contributed by atoms with Crippen molar-refractivity contribution in [3.8, 4) is 5.75 Å². The van der Waals surface area contributed by atoms with Crippen LogP contribution in [0.15, 0.2) is 24.3 Å². The van der Waals surface area contributed by atoms with Crippen LogP contribution >= 0.6 is 11.6 Å². The van der Waals surface area contributed by atoms with E-state index in [1.807, 2.05) is 0 Å². The molecule has 1 unspecified atom stereocenters. The van der Waals surface area contributed by atoms with E-state index in [1.54, 1.807) is 31.2 Å². The molecule has 7 heteroatoms. The largest absolute Gasteiger partial charge is 0.480 e. The Morgan fingerprint density at radius 1 is 1.39 bits per heavy atom. The number of benzene rings is 1. The van der Waals surface area contributed by atoms with E-state index < -0.39 is 23.5 Å². The predicted octanol–water partition coefficient (Wildman–Crippen LogP) is 2.25. The molecule has 1 fully saturated rings. The Morgan fingerprint density at radius 3 is 2.61 bits per heavy atom. The van der Waals surface area contributed by atoms with Crippen LogP contribution < -0.4 is 10.1 Å². The number of para-hydroxylation sites is 1. The average molecular weight is 342 g/mol. The van der Waals surface area contributed by atoms with Crippen LogP contribution in [0.2, 0.25) is 5.02 Å². The maximum Gasteiger partial charge on any atom is 0.329 e. The molecule has 1 saturated heterocycles. The molecule has 1 atom stereocenters. The molecule has 0 aromatic heterocycles. The second kappa shape index (κ2) is 7.66. The zero-order valence-corrected chi connectivity index (χ0v) is 13.6. The van der Waals surface area contributed by atoms with E-state index in [1.165, 1.54) is 0 Å². The summed E-state index contributed by atoms with van der Waals surface area (Å²) in [7, 11) is 0. The first-order chi connectivity index (χ1) is 11.0. The van der Waals surface area contributed by atoms with Crippen molar-refractivity contribution < 1.29 is 24.2 Å². The normalized spacial score (nSPS) is 18.0. The van der Waals surface area contributed by atoms with E-state index in [0.29, 0.717) is 30.4 Å². The van der Waals surface area contributed by atoms with Gasteiger partial charge in [0.2, 0.25) is 0 Å². The zero-order chi connectivity index (χ0) is 16.9. The average Bonchev–Trinajstić information content (AvgIpc) is 2.54. The topological polar surface area (TPSA) is 84.9 Å². The van der Waals surface area contributed by atoms with Crippen LogP contribution in [0.5, 0.6) is 5.75 Å². The molecule has 2 N–H and O–H groups in total. The number of amides is 1. The summed E-state index contributed by atoms with van der Waals surface area (Å²) in [5, 5.41) is 12.5. The fraction of sp³-hybridized carbons (Fsp3) is 0.500. The number of carboxylic acid groups (broad SMARTS) is 1. The van der Waals surface area contributed by atoms with E-state index in [0.717, 1.165) is 0 Å². The number of hydrogen-bond donors (Lipinski definition) is 2. The van der Waals surface area contributed by atoms with Crippen molar-refractivity contribution in [2.24, 2.45) is 0 Å². The van der Waals surface area contributed by atoms with Gasteiger partial charge < -0.3 is 19.9 Å². The number of carbonyl (C=O) groups is 2. The molecule has 1 aliphatic rings. The number of hydrogen-bond acceptors (Lipinski definition) is 4. The Bertz CT molecular complexity index is 571. The summed E-state index contributed by atoms with van der Waals surface area (Å²) < 4.78 is 10.8. The van der Waals surface area contributed by atoms with Gasteiger partial charge in [-0.1, -0.05) is 30.7 Å². The van der Waals surface area contributed by atoms with E-state index in [9.17, 15) is 14.7 Å². The minimum atomic E-state index is -1.30. The van der Waals surface area contributed by atoms with E-state index >= 15 is 0 Å². The Hall–Kier alpha value is -1.79. The Morgan fingerprint density at radius 2 is 2.04 bits per heavy atom. The van der Waals surface area contributed by atoms with Crippen LogP contribution in [-0.2, 0) is 14.3 Å². The lowest BCUT2D eigenvalue weighted by atomic mass is 9.89. The molecule has 1 amide bonds. The smallest absolute Gasteiger partial charge is 0.329 e. The summed E-state index contributed by atoms with van der Waals surface area (Å²) in [6, 6.07) is 6.85. The van der Waals surface area contributed by atoms with Crippen molar-refractivity contribution in [3.63, 3.8) is 0 Å². The second-order valence-electron chi connectivity index (χ2n) is 5.43. The van der Waals surface area contributed by atoms with Crippen molar-refractivity contribution in [1.82, 2.24) is 5.32 Å². The summed E-state index contributed by atoms with van der Waals surface area (Å²) in [6.45, 7) is 2.39. The van der Waals surface area contributed by atoms with Gasteiger partial charge in [-0.05, 0) is 18.6 Å². The molecule has 1 aromatic carbocycles. The molecule has 1 aliphatic heterocycles. The van der Waals surface area contributed by atoms with Crippen LogP contribution in [0.4, 0.5) is 0 Å². The fourth-order valence-corrected chi connectivity index (χ4v) is 2.62. The highest BCUT2D eigenvalue weighted by molar-refractivity contribution is 6.32. The fourth-order valence-electron chi connectivity index (χ4n) is 2.44. The third-order valence-electron chi connectivity index (χ3n) is 3.89. The maximum absolute atomic E-state index is 12.5. The molecule has 0 radical (unpaired) electrons. The summed E-state index contributed by atoms with van der Waals surface area (Å²) in [5.74, 6) is -1.12. The van der Waals surface area contributed by atoms with Crippen LogP contribution in [0.1, 0.15) is 26.2 Å². The molecule has 1 aromatic rings.